The van der Waals surface area contributed by atoms with Gasteiger partial charge in [0.15, 0.2) is 0 Å². The summed E-state index contributed by atoms with van der Waals surface area (Å²) in [7, 11) is 0. The molecule has 0 fully saturated rings. The van der Waals surface area contributed by atoms with Crippen molar-refractivity contribution in [2.75, 3.05) is 11.9 Å². The normalized spacial score (nSPS) is 15.5. The summed E-state index contributed by atoms with van der Waals surface area (Å²) in [5, 5.41) is 10.8. The van der Waals surface area contributed by atoms with Gasteiger partial charge < -0.3 is 10.1 Å². The van der Waals surface area contributed by atoms with Gasteiger partial charge in [0.1, 0.15) is 6.04 Å². The van der Waals surface area contributed by atoms with Gasteiger partial charge in [0.25, 0.3) is 0 Å². The lowest BCUT2D eigenvalue weighted by Gasteiger charge is -2.27. The van der Waals surface area contributed by atoms with Crippen LogP contribution in [-0.4, -0.2) is 27.3 Å². The van der Waals surface area contributed by atoms with Crippen LogP contribution in [0, 0.1) is 6.92 Å². The summed E-state index contributed by atoms with van der Waals surface area (Å²) in [5.41, 5.74) is 3.70. The molecule has 1 aromatic carbocycles. The number of fused-ring (bicyclic) bond motifs is 1. The van der Waals surface area contributed by atoms with Gasteiger partial charge in [-0.25, -0.2) is 9.48 Å². The molecule has 6 nitrogen and oxygen atoms in total. The van der Waals surface area contributed by atoms with Gasteiger partial charge in [-0.15, -0.1) is 16.4 Å². The van der Waals surface area contributed by atoms with Crippen molar-refractivity contribution in [3.05, 3.63) is 69.1 Å². The fourth-order valence-corrected chi connectivity index (χ4v) is 5.28. The zero-order valence-corrected chi connectivity index (χ0v) is 19.6. The van der Waals surface area contributed by atoms with Gasteiger partial charge in [0.2, 0.25) is 11.1 Å². The first-order valence-electron chi connectivity index (χ1n) is 10.4. The first-order valence-corrected chi connectivity index (χ1v) is 12.3. The highest BCUT2D eigenvalue weighted by atomic mass is 32.2. The monoisotopic (exact) mass is 454 g/mol. The molecule has 0 aliphatic carbocycles. The molecule has 0 radical (unpaired) electrons. The molecule has 0 bridgehead atoms. The van der Waals surface area contributed by atoms with Crippen LogP contribution in [0.15, 0.2) is 58.2 Å². The Morgan fingerprint density at radius 3 is 2.77 bits per heavy atom. The Hall–Kier alpha value is -2.58. The van der Waals surface area contributed by atoms with Crippen LogP contribution in [0.25, 0.3) is 0 Å². The summed E-state index contributed by atoms with van der Waals surface area (Å²) in [6.45, 7) is 6.46. The Labute approximate surface area is 190 Å². The molecule has 0 amide bonds. The van der Waals surface area contributed by atoms with E-state index < -0.39 is 0 Å². The van der Waals surface area contributed by atoms with Gasteiger partial charge in [-0.2, -0.15) is 4.98 Å². The SMILES string of the molecule is CCCCOC(=O)C1=C(C)Nc2nc(SCc3ccccc3)nn2C1c1sccc1C. The van der Waals surface area contributed by atoms with E-state index in [2.05, 4.69) is 37.4 Å². The molecule has 4 rings (SSSR count). The number of esters is 1. The predicted octanol–water partition coefficient (Wildman–Crippen LogP) is 5.57. The Kier molecular flexibility index (Phi) is 6.77. The Morgan fingerprint density at radius 1 is 1.26 bits per heavy atom. The maximum absolute atomic E-state index is 13.0. The van der Waals surface area contributed by atoms with E-state index >= 15 is 0 Å². The average molecular weight is 455 g/mol. The molecule has 3 aromatic rings. The van der Waals surface area contributed by atoms with E-state index in [0.29, 0.717) is 23.3 Å². The molecular weight excluding hydrogens is 428 g/mol. The zero-order chi connectivity index (χ0) is 21.8. The number of nitrogens with one attached hydrogen (secondary N) is 1. The zero-order valence-electron chi connectivity index (χ0n) is 17.9. The maximum atomic E-state index is 13.0. The predicted molar refractivity (Wildman–Crippen MR) is 125 cm³/mol. The molecule has 162 valence electrons. The maximum Gasteiger partial charge on any atom is 0.338 e. The highest BCUT2D eigenvalue weighted by molar-refractivity contribution is 7.98. The average Bonchev–Trinajstić information content (AvgIpc) is 3.37. The lowest BCUT2D eigenvalue weighted by Crippen LogP contribution is -2.29. The van der Waals surface area contributed by atoms with Crippen molar-refractivity contribution in [3.8, 4) is 0 Å². The summed E-state index contributed by atoms with van der Waals surface area (Å²) in [6.07, 6.45) is 1.83. The van der Waals surface area contributed by atoms with Crippen LogP contribution >= 0.6 is 23.1 Å². The summed E-state index contributed by atoms with van der Waals surface area (Å²) < 4.78 is 7.42. The van der Waals surface area contributed by atoms with Crippen LogP contribution in [0.1, 0.15) is 48.7 Å². The summed E-state index contributed by atoms with van der Waals surface area (Å²) in [6, 6.07) is 12.0. The number of ether oxygens (including phenoxy) is 1. The fourth-order valence-electron chi connectivity index (χ4n) is 3.47. The number of unbranched alkanes of at least 4 members (excludes halogenated alkanes) is 1. The van der Waals surface area contributed by atoms with Crippen LogP contribution in [0.3, 0.4) is 0 Å². The number of rotatable bonds is 8. The molecule has 0 spiro atoms. The van der Waals surface area contributed by atoms with Crippen LogP contribution < -0.4 is 5.32 Å². The van der Waals surface area contributed by atoms with Gasteiger partial charge >= 0.3 is 5.97 Å². The van der Waals surface area contributed by atoms with Crippen LogP contribution in [0.4, 0.5) is 5.95 Å². The van der Waals surface area contributed by atoms with E-state index in [4.69, 9.17) is 14.8 Å². The molecule has 31 heavy (non-hydrogen) atoms. The molecule has 1 atom stereocenters. The number of anilines is 1. The first kappa shape index (κ1) is 21.6. The van der Waals surface area contributed by atoms with E-state index in [-0.39, 0.29) is 12.0 Å². The number of hydrogen-bond donors (Lipinski definition) is 1. The number of aromatic nitrogens is 3. The highest BCUT2D eigenvalue weighted by Crippen LogP contribution is 2.40. The second-order valence-corrected chi connectivity index (χ2v) is 9.35. The minimum atomic E-state index is -0.344. The van der Waals surface area contributed by atoms with E-state index in [1.807, 2.05) is 35.2 Å². The Bertz CT molecular complexity index is 1090. The number of allylic oxidation sites excluding steroid dienone is 1. The van der Waals surface area contributed by atoms with Crippen LogP contribution in [-0.2, 0) is 15.3 Å². The van der Waals surface area contributed by atoms with Gasteiger partial charge in [0, 0.05) is 16.3 Å². The minimum Gasteiger partial charge on any atom is -0.462 e. The number of nitrogens with zero attached hydrogens (tertiary/aromatic N) is 3. The van der Waals surface area contributed by atoms with Gasteiger partial charge in [0.05, 0.1) is 12.2 Å². The molecule has 0 saturated heterocycles. The largest absolute Gasteiger partial charge is 0.462 e. The number of benzene rings is 1. The second-order valence-electron chi connectivity index (χ2n) is 7.46. The van der Waals surface area contributed by atoms with Gasteiger partial charge in [-0.1, -0.05) is 55.4 Å². The third-order valence-electron chi connectivity index (χ3n) is 5.14. The van der Waals surface area contributed by atoms with Crippen molar-refractivity contribution >= 4 is 35.0 Å². The third-order valence-corrected chi connectivity index (χ3v) is 7.13. The molecule has 1 unspecified atom stereocenters. The van der Waals surface area contributed by atoms with Gasteiger partial charge in [-0.05, 0) is 42.8 Å². The van der Waals surface area contributed by atoms with E-state index in [1.165, 1.54) is 5.56 Å². The quantitative estimate of drug-likeness (QED) is 0.272. The molecule has 8 heteroatoms. The summed E-state index contributed by atoms with van der Waals surface area (Å²) in [5.74, 6) is 1.14. The fraction of sp³-hybridized carbons (Fsp3) is 0.348. The summed E-state index contributed by atoms with van der Waals surface area (Å²) >= 11 is 3.21. The van der Waals surface area contributed by atoms with Crippen molar-refractivity contribution in [1.29, 1.82) is 0 Å². The molecule has 3 heterocycles. The number of carbonyl (C=O) groups is 1. The van der Waals surface area contributed by atoms with Crippen LogP contribution in [0.2, 0.25) is 0 Å². The number of aryl methyl sites for hydroxylation is 1. The molecule has 1 aliphatic heterocycles. The van der Waals surface area contributed by atoms with E-state index in [9.17, 15) is 4.79 Å². The van der Waals surface area contributed by atoms with Gasteiger partial charge in [-0.3, -0.25) is 0 Å². The smallest absolute Gasteiger partial charge is 0.338 e. The number of hydrogen-bond acceptors (Lipinski definition) is 7. The lowest BCUT2D eigenvalue weighted by atomic mass is 10.00. The van der Waals surface area contributed by atoms with Crippen molar-refractivity contribution < 1.29 is 9.53 Å². The number of thiophene rings is 1. The molecule has 0 saturated carbocycles. The van der Waals surface area contributed by atoms with E-state index in [0.717, 1.165) is 34.7 Å². The standard InChI is InChI=1S/C23H26N4O2S2/c1-4-5-12-29-21(28)18-16(3)24-22-25-23(31-14-17-9-7-6-8-10-17)26-27(22)19(18)20-15(2)11-13-30-20/h6-11,13,19H,4-5,12,14H2,1-3H3,(H,24,25,26). The van der Waals surface area contributed by atoms with E-state index in [1.54, 1.807) is 23.1 Å². The van der Waals surface area contributed by atoms with Crippen molar-refractivity contribution in [1.82, 2.24) is 14.8 Å². The van der Waals surface area contributed by atoms with Crippen LogP contribution in [0.5, 0.6) is 0 Å². The Balaban J connectivity index is 1.65. The number of thioether (sulfide) groups is 1. The molecule has 1 aliphatic rings. The molecule has 1 N–H and O–H groups in total. The minimum absolute atomic E-state index is 0.295. The third kappa shape index (κ3) is 4.70. The van der Waals surface area contributed by atoms with Crippen molar-refractivity contribution in [2.45, 2.75) is 50.6 Å². The Morgan fingerprint density at radius 2 is 2.06 bits per heavy atom. The highest BCUT2D eigenvalue weighted by Gasteiger charge is 2.36. The lowest BCUT2D eigenvalue weighted by molar-refractivity contribution is -0.139. The number of carbonyl (C=O) groups excluding carboxylic acids is 1. The molecular formula is C23H26N4O2S2. The van der Waals surface area contributed by atoms with Crippen molar-refractivity contribution in [3.63, 3.8) is 0 Å². The first-order chi connectivity index (χ1) is 15.1. The van der Waals surface area contributed by atoms with Crippen molar-refractivity contribution in [2.24, 2.45) is 0 Å². The molecule has 2 aromatic heterocycles. The topological polar surface area (TPSA) is 69.0 Å². The summed E-state index contributed by atoms with van der Waals surface area (Å²) in [4.78, 5) is 18.8. The second kappa shape index (κ2) is 9.70.